The quantitative estimate of drug-likeness (QED) is 0.613. The van der Waals surface area contributed by atoms with E-state index >= 15 is 0 Å². The molecule has 1 aliphatic rings. The molecule has 0 radical (unpaired) electrons. The van der Waals surface area contributed by atoms with Gasteiger partial charge in [-0.1, -0.05) is 50.3 Å². The van der Waals surface area contributed by atoms with Gasteiger partial charge < -0.3 is 4.90 Å². The molecule has 23 heavy (non-hydrogen) atoms. The number of nitro benzene ring substituents is 1. The summed E-state index contributed by atoms with van der Waals surface area (Å²) >= 11 is 1.58. The lowest BCUT2D eigenvalue weighted by Crippen LogP contribution is -2.25. The van der Waals surface area contributed by atoms with E-state index in [1.807, 2.05) is 12.1 Å². The van der Waals surface area contributed by atoms with E-state index in [1.165, 1.54) is 0 Å². The summed E-state index contributed by atoms with van der Waals surface area (Å²) in [5.74, 6) is 0. The summed E-state index contributed by atoms with van der Waals surface area (Å²) < 4.78 is 0. The summed E-state index contributed by atoms with van der Waals surface area (Å²) in [4.78, 5) is 13.1. The van der Waals surface area contributed by atoms with Crippen LogP contribution >= 0.6 is 11.3 Å². The molecule has 1 fully saturated rings. The van der Waals surface area contributed by atoms with Gasteiger partial charge in [0.15, 0.2) is 0 Å². The second-order valence-electron chi connectivity index (χ2n) is 6.88. The summed E-state index contributed by atoms with van der Waals surface area (Å²) in [5.41, 5.74) is 0.847. The topological polar surface area (TPSA) is 72.2 Å². The fourth-order valence-electron chi connectivity index (χ4n) is 2.38. The predicted molar refractivity (Wildman–Crippen MR) is 90.9 cm³/mol. The maximum Gasteiger partial charge on any atom is 0.274 e. The van der Waals surface area contributed by atoms with Gasteiger partial charge in [-0.25, -0.2) is 0 Å². The van der Waals surface area contributed by atoms with Gasteiger partial charge in [0, 0.05) is 23.1 Å². The number of nitrogens with zero attached hydrogens (tertiary/aromatic N) is 4. The van der Waals surface area contributed by atoms with Crippen LogP contribution in [0.3, 0.4) is 0 Å². The molecule has 7 heteroatoms. The largest absolute Gasteiger partial charge is 0.339 e. The molecule has 6 nitrogen and oxygen atoms in total. The van der Waals surface area contributed by atoms with Crippen LogP contribution in [-0.4, -0.2) is 21.2 Å². The summed E-state index contributed by atoms with van der Waals surface area (Å²) in [6.45, 7) is 6.84. The van der Waals surface area contributed by atoms with Crippen molar-refractivity contribution in [1.29, 1.82) is 0 Å². The maximum atomic E-state index is 11.2. The maximum absolute atomic E-state index is 11.2. The molecule has 1 heterocycles. The molecule has 1 aliphatic carbocycles. The Bertz CT molecular complexity index is 719. The van der Waals surface area contributed by atoms with E-state index in [0.29, 0.717) is 12.6 Å². The zero-order valence-corrected chi connectivity index (χ0v) is 14.3. The molecule has 0 amide bonds. The lowest BCUT2D eigenvalue weighted by atomic mass is 9.98. The third kappa shape index (κ3) is 3.50. The van der Waals surface area contributed by atoms with Gasteiger partial charge in [-0.05, 0) is 12.8 Å². The van der Waals surface area contributed by atoms with Crippen LogP contribution in [0.4, 0.5) is 10.8 Å². The molecule has 2 aromatic rings. The molecule has 0 unspecified atom stereocenters. The lowest BCUT2D eigenvalue weighted by molar-refractivity contribution is -0.385. The van der Waals surface area contributed by atoms with Crippen molar-refractivity contribution < 1.29 is 4.92 Å². The minimum absolute atomic E-state index is 0.0378. The first kappa shape index (κ1) is 15.9. The molecule has 1 aromatic carbocycles. The van der Waals surface area contributed by atoms with Crippen molar-refractivity contribution in [2.75, 3.05) is 4.90 Å². The molecule has 0 aliphatic heterocycles. The van der Waals surface area contributed by atoms with Gasteiger partial charge in [0.1, 0.15) is 5.01 Å². The second kappa shape index (κ2) is 5.88. The van der Waals surface area contributed by atoms with Crippen LogP contribution in [0, 0.1) is 10.1 Å². The van der Waals surface area contributed by atoms with E-state index in [9.17, 15) is 10.1 Å². The van der Waals surface area contributed by atoms with Crippen molar-refractivity contribution in [3.8, 4) is 0 Å². The predicted octanol–water partition coefficient (Wildman–Crippen LogP) is 3.91. The number of para-hydroxylation sites is 1. The molecule has 0 N–H and O–H groups in total. The Hall–Kier alpha value is -2.02. The highest BCUT2D eigenvalue weighted by molar-refractivity contribution is 7.15. The molecule has 3 rings (SSSR count). The van der Waals surface area contributed by atoms with E-state index in [2.05, 4.69) is 35.9 Å². The molecule has 0 atom stereocenters. The summed E-state index contributed by atoms with van der Waals surface area (Å²) in [6, 6.07) is 7.33. The lowest BCUT2D eigenvalue weighted by Gasteiger charge is -2.21. The highest BCUT2D eigenvalue weighted by atomic mass is 32.1. The van der Waals surface area contributed by atoms with Crippen LogP contribution < -0.4 is 4.90 Å². The monoisotopic (exact) mass is 332 g/mol. The summed E-state index contributed by atoms with van der Waals surface area (Å²) in [7, 11) is 0. The Morgan fingerprint density at radius 1 is 1.30 bits per heavy atom. The number of benzene rings is 1. The van der Waals surface area contributed by atoms with Crippen molar-refractivity contribution in [2.24, 2.45) is 0 Å². The number of anilines is 1. The molecule has 0 spiro atoms. The standard InChI is InChI=1S/C16H20N4O2S/c1-16(2,3)14-17-18-15(23-14)19(12-8-9-12)10-11-6-4-5-7-13(11)20(21)22/h4-7,12H,8-10H2,1-3H3. The van der Waals surface area contributed by atoms with Gasteiger partial charge in [0.25, 0.3) is 5.69 Å². The first-order valence-corrected chi connectivity index (χ1v) is 8.51. The molecular formula is C16H20N4O2S. The summed E-state index contributed by atoms with van der Waals surface area (Å²) in [6.07, 6.45) is 2.20. The first-order chi connectivity index (χ1) is 10.9. The zero-order valence-electron chi connectivity index (χ0n) is 13.5. The van der Waals surface area contributed by atoms with E-state index < -0.39 is 0 Å². The Labute approximate surface area is 139 Å². The van der Waals surface area contributed by atoms with Gasteiger partial charge in [-0.3, -0.25) is 10.1 Å². The van der Waals surface area contributed by atoms with Crippen LogP contribution in [0.2, 0.25) is 0 Å². The van der Waals surface area contributed by atoms with Crippen LogP contribution in [0.5, 0.6) is 0 Å². The molecule has 122 valence electrons. The van der Waals surface area contributed by atoms with Crippen molar-refractivity contribution in [3.63, 3.8) is 0 Å². The minimum Gasteiger partial charge on any atom is -0.339 e. The highest BCUT2D eigenvalue weighted by Gasteiger charge is 2.33. The van der Waals surface area contributed by atoms with Crippen LogP contribution in [-0.2, 0) is 12.0 Å². The van der Waals surface area contributed by atoms with Gasteiger partial charge >= 0.3 is 0 Å². The van der Waals surface area contributed by atoms with Gasteiger partial charge in [0.2, 0.25) is 5.13 Å². The number of rotatable bonds is 5. The van der Waals surface area contributed by atoms with Crippen molar-refractivity contribution >= 4 is 22.2 Å². The zero-order chi connectivity index (χ0) is 16.6. The second-order valence-corrected chi connectivity index (χ2v) is 7.84. The van der Waals surface area contributed by atoms with Crippen molar-refractivity contribution in [3.05, 3.63) is 45.0 Å². The molecule has 1 aromatic heterocycles. The van der Waals surface area contributed by atoms with Crippen LogP contribution in [0.1, 0.15) is 44.2 Å². The van der Waals surface area contributed by atoms with Crippen molar-refractivity contribution in [1.82, 2.24) is 10.2 Å². The average Bonchev–Trinajstić information content (AvgIpc) is 3.19. The van der Waals surface area contributed by atoms with Gasteiger partial charge in [0.05, 0.1) is 11.5 Å². The van der Waals surface area contributed by atoms with Gasteiger partial charge in [-0.2, -0.15) is 0 Å². The number of nitro groups is 1. The molecular weight excluding hydrogens is 312 g/mol. The number of hydrogen-bond acceptors (Lipinski definition) is 6. The third-order valence-corrected chi connectivity index (χ3v) is 5.20. The Morgan fingerprint density at radius 2 is 2.00 bits per heavy atom. The van der Waals surface area contributed by atoms with Crippen molar-refractivity contribution in [2.45, 2.75) is 51.6 Å². The fourth-order valence-corrected chi connectivity index (χ4v) is 3.35. The molecule has 0 bridgehead atoms. The highest BCUT2D eigenvalue weighted by Crippen LogP contribution is 2.38. The Morgan fingerprint density at radius 3 is 2.57 bits per heavy atom. The minimum atomic E-state index is -0.318. The van der Waals surface area contributed by atoms with Crippen LogP contribution in [0.25, 0.3) is 0 Å². The normalized spacial score (nSPS) is 14.7. The molecule has 1 saturated carbocycles. The Balaban J connectivity index is 1.89. The summed E-state index contributed by atoms with van der Waals surface area (Å²) in [5, 5.41) is 21.7. The van der Waals surface area contributed by atoms with Crippen LogP contribution in [0.15, 0.2) is 24.3 Å². The van der Waals surface area contributed by atoms with E-state index in [1.54, 1.807) is 23.5 Å². The number of hydrogen-bond donors (Lipinski definition) is 0. The smallest absolute Gasteiger partial charge is 0.274 e. The fraction of sp³-hybridized carbons (Fsp3) is 0.500. The van der Waals surface area contributed by atoms with E-state index in [-0.39, 0.29) is 16.0 Å². The third-order valence-electron chi connectivity index (χ3n) is 3.82. The average molecular weight is 332 g/mol. The van der Waals surface area contributed by atoms with E-state index in [4.69, 9.17) is 0 Å². The SMILES string of the molecule is CC(C)(C)c1nnc(N(Cc2ccccc2[N+](=O)[O-])C2CC2)s1. The Kier molecular flexibility index (Phi) is 4.06. The number of aromatic nitrogens is 2. The van der Waals surface area contributed by atoms with E-state index in [0.717, 1.165) is 28.5 Å². The molecule has 0 saturated heterocycles. The first-order valence-electron chi connectivity index (χ1n) is 7.69. The van der Waals surface area contributed by atoms with Gasteiger partial charge in [-0.15, -0.1) is 10.2 Å².